The van der Waals surface area contributed by atoms with Crippen molar-refractivity contribution in [2.75, 3.05) is 26.3 Å². The van der Waals surface area contributed by atoms with Crippen molar-refractivity contribution in [1.29, 1.82) is 0 Å². The maximum Gasteiger partial charge on any atom is 0.0507 e. The maximum absolute atomic E-state index is 5.84. The number of ether oxygens (including phenoxy) is 1. The molecule has 19 heavy (non-hydrogen) atoms. The lowest BCUT2D eigenvalue weighted by atomic mass is 10.0. The van der Waals surface area contributed by atoms with Crippen LogP contribution in [-0.4, -0.2) is 31.3 Å². The Bertz CT molecular complexity index is 514. The molecule has 3 nitrogen and oxygen atoms in total. The Labute approximate surface area is 114 Å². The van der Waals surface area contributed by atoms with E-state index in [1.165, 1.54) is 35.9 Å². The van der Waals surface area contributed by atoms with Gasteiger partial charge in [0, 0.05) is 23.6 Å². The van der Waals surface area contributed by atoms with Gasteiger partial charge in [0.15, 0.2) is 0 Å². The molecule has 0 amide bonds. The number of piperidine rings is 1. The normalized spacial score (nSPS) is 19.9. The first kappa shape index (κ1) is 12.7. The molecule has 0 aliphatic carbocycles. The van der Waals surface area contributed by atoms with Crippen LogP contribution in [0.5, 0.6) is 0 Å². The Balaban J connectivity index is 1.47. The fourth-order valence-electron chi connectivity index (χ4n) is 2.84. The van der Waals surface area contributed by atoms with E-state index in [2.05, 4.69) is 40.8 Å². The van der Waals surface area contributed by atoms with E-state index in [1.807, 2.05) is 0 Å². The second-order valence-electron chi connectivity index (χ2n) is 5.40. The number of benzene rings is 1. The highest BCUT2D eigenvalue weighted by molar-refractivity contribution is 5.82. The predicted octanol–water partition coefficient (Wildman–Crippen LogP) is 2.73. The molecule has 1 aliphatic rings. The third-order valence-electron chi connectivity index (χ3n) is 3.94. The monoisotopic (exact) mass is 258 g/mol. The summed E-state index contributed by atoms with van der Waals surface area (Å²) in [4.78, 5) is 3.31. The summed E-state index contributed by atoms with van der Waals surface area (Å²) in [7, 11) is 0. The van der Waals surface area contributed by atoms with Crippen molar-refractivity contribution in [2.45, 2.75) is 19.3 Å². The van der Waals surface area contributed by atoms with E-state index in [4.69, 9.17) is 4.74 Å². The van der Waals surface area contributed by atoms with Crippen LogP contribution in [-0.2, 0) is 11.2 Å². The lowest BCUT2D eigenvalue weighted by molar-refractivity contribution is 0.0922. The molecule has 0 spiro atoms. The van der Waals surface area contributed by atoms with Gasteiger partial charge >= 0.3 is 0 Å². The van der Waals surface area contributed by atoms with Gasteiger partial charge in [0.05, 0.1) is 13.2 Å². The minimum Gasteiger partial charge on any atom is -0.381 e. The van der Waals surface area contributed by atoms with Crippen LogP contribution in [0.25, 0.3) is 10.9 Å². The third-order valence-corrected chi connectivity index (χ3v) is 3.94. The summed E-state index contributed by atoms with van der Waals surface area (Å²) in [6.07, 6.45) is 5.69. The van der Waals surface area contributed by atoms with E-state index >= 15 is 0 Å². The minimum absolute atomic E-state index is 0.705. The van der Waals surface area contributed by atoms with E-state index in [0.717, 1.165) is 26.2 Å². The summed E-state index contributed by atoms with van der Waals surface area (Å²) >= 11 is 0. The summed E-state index contributed by atoms with van der Waals surface area (Å²) < 4.78 is 5.84. The Morgan fingerprint density at radius 3 is 3.11 bits per heavy atom. The first-order chi connectivity index (χ1) is 9.43. The minimum atomic E-state index is 0.705. The Morgan fingerprint density at radius 1 is 1.26 bits per heavy atom. The molecule has 1 unspecified atom stereocenters. The number of para-hydroxylation sites is 1. The predicted molar refractivity (Wildman–Crippen MR) is 78.4 cm³/mol. The summed E-state index contributed by atoms with van der Waals surface area (Å²) in [6.45, 7) is 4.01. The highest BCUT2D eigenvalue weighted by Crippen LogP contribution is 2.18. The number of rotatable bonds is 5. The average molecular weight is 258 g/mol. The van der Waals surface area contributed by atoms with Crippen molar-refractivity contribution in [3.63, 3.8) is 0 Å². The van der Waals surface area contributed by atoms with Crippen LogP contribution >= 0.6 is 0 Å². The number of hydrogen-bond donors (Lipinski definition) is 2. The topological polar surface area (TPSA) is 37.0 Å². The smallest absolute Gasteiger partial charge is 0.0507 e. The van der Waals surface area contributed by atoms with E-state index in [1.54, 1.807) is 0 Å². The molecule has 2 N–H and O–H groups in total. The first-order valence-corrected chi connectivity index (χ1v) is 7.27. The van der Waals surface area contributed by atoms with Crippen LogP contribution in [0.1, 0.15) is 18.4 Å². The van der Waals surface area contributed by atoms with Crippen LogP contribution < -0.4 is 5.32 Å². The molecule has 3 heteroatoms. The standard InChI is InChI=1S/C16H22N2O/c1-2-6-16-15(5-1)14(11-18-16)7-9-19-12-13-4-3-8-17-10-13/h1-2,5-6,11,13,17-18H,3-4,7-10,12H2. The Kier molecular flexibility index (Phi) is 4.16. The van der Waals surface area contributed by atoms with Gasteiger partial charge in [0.25, 0.3) is 0 Å². The van der Waals surface area contributed by atoms with Gasteiger partial charge in [-0.3, -0.25) is 0 Å². The molecule has 0 radical (unpaired) electrons. The molecule has 1 aromatic heterocycles. The summed E-state index contributed by atoms with van der Waals surface area (Å²) in [6, 6.07) is 8.45. The molecule has 3 rings (SSSR count). The van der Waals surface area contributed by atoms with Crippen molar-refractivity contribution >= 4 is 10.9 Å². The number of aromatic amines is 1. The molecule has 1 atom stereocenters. The van der Waals surface area contributed by atoms with Gasteiger partial charge in [-0.2, -0.15) is 0 Å². The summed E-state index contributed by atoms with van der Waals surface area (Å²) in [5.74, 6) is 0.705. The van der Waals surface area contributed by atoms with Gasteiger partial charge in [-0.15, -0.1) is 0 Å². The molecule has 1 aliphatic heterocycles. The molecule has 0 bridgehead atoms. The molecular formula is C16H22N2O. The zero-order chi connectivity index (χ0) is 12.9. The van der Waals surface area contributed by atoms with Crippen molar-refractivity contribution in [3.05, 3.63) is 36.0 Å². The fraction of sp³-hybridized carbons (Fsp3) is 0.500. The van der Waals surface area contributed by atoms with E-state index in [0.29, 0.717) is 5.92 Å². The van der Waals surface area contributed by atoms with Crippen molar-refractivity contribution in [2.24, 2.45) is 5.92 Å². The van der Waals surface area contributed by atoms with Gasteiger partial charge < -0.3 is 15.0 Å². The zero-order valence-electron chi connectivity index (χ0n) is 11.3. The number of H-pyrrole nitrogens is 1. The van der Waals surface area contributed by atoms with Crippen molar-refractivity contribution in [3.8, 4) is 0 Å². The van der Waals surface area contributed by atoms with Crippen molar-refractivity contribution in [1.82, 2.24) is 10.3 Å². The first-order valence-electron chi connectivity index (χ1n) is 7.27. The van der Waals surface area contributed by atoms with Gasteiger partial charge in [-0.05, 0) is 43.4 Å². The second-order valence-corrected chi connectivity index (χ2v) is 5.40. The summed E-state index contributed by atoms with van der Waals surface area (Å²) in [5.41, 5.74) is 2.58. The molecule has 1 saturated heterocycles. The zero-order valence-corrected chi connectivity index (χ0v) is 11.3. The van der Waals surface area contributed by atoms with Gasteiger partial charge in [-0.1, -0.05) is 18.2 Å². The molecule has 0 saturated carbocycles. The maximum atomic E-state index is 5.84. The molecular weight excluding hydrogens is 236 g/mol. The molecule has 102 valence electrons. The van der Waals surface area contributed by atoms with Gasteiger partial charge in [0.2, 0.25) is 0 Å². The lowest BCUT2D eigenvalue weighted by Crippen LogP contribution is -2.32. The quantitative estimate of drug-likeness (QED) is 0.809. The van der Waals surface area contributed by atoms with Crippen LogP contribution in [0.2, 0.25) is 0 Å². The highest BCUT2D eigenvalue weighted by Gasteiger charge is 2.12. The highest BCUT2D eigenvalue weighted by atomic mass is 16.5. The fourth-order valence-corrected chi connectivity index (χ4v) is 2.84. The van der Waals surface area contributed by atoms with E-state index in [-0.39, 0.29) is 0 Å². The lowest BCUT2D eigenvalue weighted by Gasteiger charge is -2.22. The molecule has 2 heterocycles. The molecule has 1 fully saturated rings. The van der Waals surface area contributed by atoms with Crippen LogP contribution in [0, 0.1) is 5.92 Å². The Hall–Kier alpha value is -1.32. The van der Waals surface area contributed by atoms with Gasteiger partial charge in [-0.25, -0.2) is 0 Å². The van der Waals surface area contributed by atoms with Crippen LogP contribution in [0.4, 0.5) is 0 Å². The molecule has 2 aromatic rings. The number of fused-ring (bicyclic) bond motifs is 1. The van der Waals surface area contributed by atoms with Gasteiger partial charge in [0.1, 0.15) is 0 Å². The van der Waals surface area contributed by atoms with Crippen molar-refractivity contribution < 1.29 is 4.74 Å². The SMILES string of the molecule is c1ccc2c(CCOCC3CCCNC3)c[nH]c2c1. The molecule has 1 aromatic carbocycles. The van der Waals surface area contributed by atoms with Crippen LogP contribution in [0.3, 0.4) is 0 Å². The average Bonchev–Trinajstić information content (AvgIpc) is 2.88. The second kappa shape index (κ2) is 6.22. The van der Waals surface area contributed by atoms with E-state index < -0.39 is 0 Å². The summed E-state index contributed by atoms with van der Waals surface area (Å²) in [5, 5.41) is 4.75. The number of hydrogen-bond acceptors (Lipinski definition) is 2. The number of nitrogens with one attached hydrogen (secondary N) is 2. The van der Waals surface area contributed by atoms with Crippen LogP contribution in [0.15, 0.2) is 30.5 Å². The Morgan fingerprint density at radius 2 is 2.21 bits per heavy atom. The largest absolute Gasteiger partial charge is 0.381 e. The van der Waals surface area contributed by atoms with E-state index in [9.17, 15) is 0 Å². The number of aromatic nitrogens is 1. The third kappa shape index (κ3) is 3.17.